The van der Waals surface area contributed by atoms with E-state index in [1.165, 1.54) is 11.1 Å². The first-order chi connectivity index (χ1) is 12.5. The highest BCUT2D eigenvalue weighted by Gasteiger charge is 2.39. The number of nitrogens with two attached hydrogens (primary N) is 1. The number of nitrogens with zero attached hydrogens (tertiary/aromatic N) is 1. The average Bonchev–Trinajstić information content (AvgIpc) is 2.73. The molecule has 0 bridgehead atoms. The second-order valence-electron chi connectivity index (χ2n) is 7.30. The second kappa shape index (κ2) is 6.25. The molecule has 2 heterocycles. The lowest BCUT2D eigenvalue weighted by Crippen LogP contribution is -2.53. The summed E-state index contributed by atoms with van der Waals surface area (Å²) in [6, 6.07) is 11.3. The molecule has 2 aromatic rings. The molecule has 2 aromatic carbocycles. The van der Waals surface area contributed by atoms with E-state index in [0.717, 1.165) is 17.5 Å². The Bertz CT molecular complexity index is 906. The molecule has 5 nitrogen and oxygen atoms in total. The van der Waals surface area contributed by atoms with Gasteiger partial charge in [-0.05, 0) is 61.1 Å². The molecule has 5 heteroatoms. The third-order valence-corrected chi connectivity index (χ3v) is 5.63. The number of carbonyl (C=O) groups excluding carboxylic acids is 2. The summed E-state index contributed by atoms with van der Waals surface area (Å²) in [4.78, 5) is 27.4. The van der Waals surface area contributed by atoms with Gasteiger partial charge in [-0.1, -0.05) is 24.3 Å². The predicted molar refractivity (Wildman–Crippen MR) is 102 cm³/mol. The lowest BCUT2D eigenvalue weighted by atomic mass is 9.94. The Balaban J connectivity index is 1.79. The van der Waals surface area contributed by atoms with Crippen LogP contribution in [0.3, 0.4) is 0 Å². The largest absolute Gasteiger partial charge is 0.328 e. The van der Waals surface area contributed by atoms with Crippen LogP contribution in [0.15, 0.2) is 36.4 Å². The molecule has 4 rings (SSSR count). The van der Waals surface area contributed by atoms with E-state index in [0.29, 0.717) is 24.2 Å². The van der Waals surface area contributed by atoms with Crippen molar-refractivity contribution in [3.05, 3.63) is 53.1 Å². The van der Waals surface area contributed by atoms with Crippen LogP contribution >= 0.6 is 0 Å². The van der Waals surface area contributed by atoms with Crippen molar-refractivity contribution in [3.63, 3.8) is 0 Å². The van der Waals surface area contributed by atoms with Gasteiger partial charge in [-0.25, -0.2) is 0 Å². The van der Waals surface area contributed by atoms with Crippen LogP contribution in [-0.2, 0) is 4.79 Å². The number of aryl methyl sites for hydroxylation is 1. The summed E-state index contributed by atoms with van der Waals surface area (Å²) in [7, 11) is 0. The van der Waals surface area contributed by atoms with Gasteiger partial charge in [0.05, 0.1) is 11.3 Å². The normalized spacial score (nSPS) is 22.3. The van der Waals surface area contributed by atoms with Crippen molar-refractivity contribution in [1.82, 2.24) is 4.90 Å². The molecule has 0 unspecified atom stereocenters. The summed E-state index contributed by atoms with van der Waals surface area (Å²) >= 11 is 0. The van der Waals surface area contributed by atoms with Gasteiger partial charge < -0.3 is 16.0 Å². The first-order valence-corrected chi connectivity index (χ1v) is 9.04. The van der Waals surface area contributed by atoms with E-state index in [9.17, 15) is 9.59 Å². The molecule has 3 N–H and O–H groups in total. The van der Waals surface area contributed by atoms with Gasteiger partial charge in [0.2, 0.25) is 5.91 Å². The van der Waals surface area contributed by atoms with E-state index >= 15 is 0 Å². The van der Waals surface area contributed by atoms with Gasteiger partial charge in [0.15, 0.2) is 0 Å². The third-order valence-electron chi connectivity index (χ3n) is 5.63. The maximum absolute atomic E-state index is 13.2. The number of fused-ring (bicyclic) bond motifs is 2. The van der Waals surface area contributed by atoms with Crippen LogP contribution in [0.4, 0.5) is 5.69 Å². The van der Waals surface area contributed by atoms with Crippen LogP contribution < -0.4 is 11.1 Å². The highest BCUT2D eigenvalue weighted by atomic mass is 16.2. The molecule has 2 atom stereocenters. The Hall–Kier alpha value is -2.66. The van der Waals surface area contributed by atoms with Crippen LogP contribution in [0.2, 0.25) is 0 Å². The molecule has 0 saturated carbocycles. The molecule has 2 amide bonds. The molecule has 0 radical (unpaired) electrons. The lowest BCUT2D eigenvalue weighted by Gasteiger charge is -2.35. The van der Waals surface area contributed by atoms with Gasteiger partial charge in [0.1, 0.15) is 6.04 Å². The van der Waals surface area contributed by atoms with E-state index in [4.69, 9.17) is 5.73 Å². The zero-order valence-corrected chi connectivity index (χ0v) is 15.1. The van der Waals surface area contributed by atoms with Crippen LogP contribution in [0.5, 0.6) is 0 Å². The number of anilines is 1. The zero-order chi connectivity index (χ0) is 18.4. The summed E-state index contributed by atoms with van der Waals surface area (Å²) in [5, 5.41) is 2.92. The number of amides is 2. The topological polar surface area (TPSA) is 75.4 Å². The van der Waals surface area contributed by atoms with Gasteiger partial charge in [0, 0.05) is 12.6 Å². The van der Waals surface area contributed by atoms with Crippen molar-refractivity contribution >= 4 is 17.5 Å². The van der Waals surface area contributed by atoms with Crippen molar-refractivity contribution in [3.8, 4) is 11.1 Å². The fourth-order valence-corrected chi connectivity index (χ4v) is 3.92. The van der Waals surface area contributed by atoms with Crippen LogP contribution in [0.1, 0.15) is 34.3 Å². The van der Waals surface area contributed by atoms with Crippen LogP contribution in [0.25, 0.3) is 11.1 Å². The summed E-state index contributed by atoms with van der Waals surface area (Å²) in [5.74, 6) is -0.242. The van der Waals surface area contributed by atoms with E-state index in [2.05, 4.69) is 31.3 Å². The fraction of sp³-hybridized carbons (Fsp3) is 0.333. The van der Waals surface area contributed by atoms with Crippen molar-refractivity contribution in [1.29, 1.82) is 0 Å². The molecular weight excluding hydrogens is 326 g/mol. The molecule has 1 fully saturated rings. The summed E-state index contributed by atoms with van der Waals surface area (Å²) in [6.45, 7) is 4.68. The van der Waals surface area contributed by atoms with Crippen LogP contribution in [0, 0.1) is 13.8 Å². The van der Waals surface area contributed by atoms with Crippen molar-refractivity contribution in [2.75, 3.05) is 11.9 Å². The SMILES string of the molecule is Cc1cccc(-c2ccc3c(c2)C(=O)N2CC[C@H](N)C[C@H]2C(=O)N3)c1C. The molecular formula is C21H23N3O2. The van der Waals surface area contributed by atoms with Gasteiger partial charge in [0.25, 0.3) is 5.91 Å². The second-order valence-corrected chi connectivity index (χ2v) is 7.30. The number of rotatable bonds is 1. The molecule has 26 heavy (non-hydrogen) atoms. The molecule has 134 valence electrons. The number of hydrogen-bond acceptors (Lipinski definition) is 3. The molecule has 1 saturated heterocycles. The van der Waals surface area contributed by atoms with E-state index < -0.39 is 6.04 Å². The maximum Gasteiger partial charge on any atom is 0.256 e. The number of benzene rings is 2. The Labute approximate surface area is 153 Å². The van der Waals surface area contributed by atoms with E-state index in [1.807, 2.05) is 24.3 Å². The fourth-order valence-electron chi connectivity index (χ4n) is 3.92. The first kappa shape index (κ1) is 16.8. The summed E-state index contributed by atoms with van der Waals surface area (Å²) in [6.07, 6.45) is 1.23. The lowest BCUT2D eigenvalue weighted by molar-refractivity contribution is -0.121. The molecule has 0 aromatic heterocycles. The Kier molecular flexibility index (Phi) is 4.04. The Morgan fingerprint density at radius 3 is 2.73 bits per heavy atom. The number of hydrogen-bond donors (Lipinski definition) is 2. The molecule has 0 spiro atoms. The predicted octanol–water partition coefficient (Wildman–Crippen LogP) is 2.85. The smallest absolute Gasteiger partial charge is 0.256 e. The van der Waals surface area contributed by atoms with Crippen molar-refractivity contribution < 1.29 is 9.59 Å². The van der Waals surface area contributed by atoms with Crippen molar-refractivity contribution in [2.24, 2.45) is 5.73 Å². The van der Waals surface area contributed by atoms with Crippen molar-refractivity contribution in [2.45, 2.75) is 38.8 Å². The number of piperidine rings is 1. The average molecular weight is 349 g/mol. The van der Waals surface area contributed by atoms with Crippen LogP contribution in [-0.4, -0.2) is 35.3 Å². The van der Waals surface area contributed by atoms with Gasteiger partial charge >= 0.3 is 0 Å². The standard InChI is InChI=1S/C21H23N3O2/c1-12-4-3-5-16(13(12)2)14-6-7-18-17(10-14)21(26)24-9-8-15(22)11-19(24)20(25)23-18/h3-7,10,15,19H,8-9,11,22H2,1-2H3,(H,23,25)/t15-,19-/m0/s1. The minimum Gasteiger partial charge on any atom is -0.328 e. The third kappa shape index (κ3) is 2.69. The van der Waals surface area contributed by atoms with E-state index in [1.54, 1.807) is 4.90 Å². The van der Waals surface area contributed by atoms with E-state index in [-0.39, 0.29) is 17.9 Å². The van der Waals surface area contributed by atoms with Gasteiger partial charge in [-0.3, -0.25) is 9.59 Å². The molecule has 2 aliphatic heterocycles. The summed E-state index contributed by atoms with van der Waals surface area (Å²) in [5.41, 5.74) is 11.6. The number of carbonyl (C=O) groups is 2. The molecule has 0 aliphatic carbocycles. The minimum atomic E-state index is -0.484. The Morgan fingerprint density at radius 1 is 1.12 bits per heavy atom. The highest BCUT2D eigenvalue weighted by Crippen LogP contribution is 2.33. The monoisotopic (exact) mass is 349 g/mol. The van der Waals surface area contributed by atoms with Gasteiger partial charge in [-0.2, -0.15) is 0 Å². The summed E-state index contributed by atoms with van der Waals surface area (Å²) < 4.78 is 0. The Morgan fingerprint density at radius 2 is 1.92 bits per heavy atom. The number of nitrogens with one attached hydrogen (secondary N) is 1. The molecule has 2 aliphatic rings. The highest BCUT2D eigenvalue weighted by molar-refractivity contribution is 6.10. The van der Waals surface area contributed by atoms with Gasteiger partial charge in [-0.15, -0.1) is 0 Å². The quantitative estimate of drug-likeness (QED) is 0.831. The maximum atomic E-state index is 13.2. The minimum absolute atomic E-state index is 0.0403. The zero-order valence-electron chi connectivity index (χ0n) is 15.1. The first-order valence-electron chi connectivity index (χ1n) is 9.04.